The molecule has 0 heterocycles. The highest BCUT2D eigenvalue weighted by Crippen LogP contribution is 2.49. The highest BCUT2D eigenvalue weighted by Gasteiger charge is 2.77. The first-order valence-corrected chi connectivity index (χ1v) is 9.52. The Morgan fingerprint density at radius 1 is 0.579 bits per heavy atom. The van der Waals surface area contributed by atoms with Gasteiger partial charge in [-0.3, -0.25) is 0 Å². The minimum absolute atomic E-state index is 0.394. The van der Waals surface area contributed by atoms with E-state index in [1.54, 1.807) is 0 Å². The molecule has 0 aliphatic rings. The molecule has 0 aliphatic carbocycles. The summed E-state index contributed by atoms with van der Waals surface area (Å²) in [4.78, 5) is 22.2. The van der Waals surface area contributed by atoms with E-state index in [0.29, 0.717) is 0 Å². The van der Waals surface area contributed by atoms with E-state index in [9.17, 15) is 79.8 Å². The highest BCUT2D eigenvalue weighted by molar-refractivity contribution is 5.67. The molecular formula is C16H16F16N2O4. The summed E-state index contributed by atoms with van der Waals surface area (Å²) in [7, 11) is 0. The number of alkyl halides is 16. The largest absolute Gasteiger partial charge is 0.409 e. The summed E-state index contributed by atoms with van der Waals surface area (Å²) in [5.41, 5.74) is 0. The van der Waals surface area contributed by atoms with E-state index in [1.165, 1.54) is 10.6 Å². The van der Waals surface area contributed by atoms with E-state index in [4.69, 9.17) is 0 Å². The van der Waals surface area contributed by atoms with Crippen molar-refractivity contribution in [3.63, 3.8) is 0 Å². The summed E-state index contributed by atoms with van der Waals surface area (Å²) >= 11 is 0. The van der Waals surface area contributed by atoms with Crippen LogP contribution in [-0.2, 0) is 9.47 Å². The lowest BCUT2D eigenvalue weighted by Crippen LogP contribution is -2.60. The van der Waals surface area contributed by atoms with Crippen LogP contribution < -0.4 is 10.6 Å². The summed E-state index contributed by atoms with van der Waals surface area (Å²) in [6.07, 6.45) is -14.6. The quantitative estimate of drug-likeness (QED) is 0.190. The number of carbonyl (C=O) groups is 2. The topological polar surface area (TPSA) is 76.7 Å². The van der Waals surface area contributed by atoms with Crippen LogP contribution in [0.5, 0.6) is 0 Å². The Bertz CT molecular complexity index is 733. The van der Waals surface area contributed by atoms with Gasteiger partial charge in [0.05, 0.1) is 0 Å². The van der Waals surface area contributed by atoms with Crippen LogP contribution in [0.3, 0.4) is 0 Å². The molecule has 0 aliphatic heterocycles. The Balaban J connectivity index is 4.58. The van der Waals surface area contributed by atoms with Gasteiger partial charge in [-0.1, -0.05) is 0 Å². The van der Waals surface area contributed by atoms with E-state index in [1.807, 2.05) is 0 Å². The summed E-state index contributed by atoms with van der Waals surface area (Å²) in [5, 5.41) is 2.87. The van der Waals surface area contributed by atoms with Crippen molar-refractivity contribution in [2.75, 3.05) is 26.4 Å². The van der Waals surface area contributed by atoms with Gasteiger partial charge in [-0.2, -0.15) is 61.5 Å². The second-order valence-electron chi connectivity index (χ2n) is 7.07. The van der Waals surface area contributed by atoms with Crippen LogP contribution in [0.25, 0.3) is 0 Å². The molecule has 0 radical (unpaired) electrons. The third-order valence-electron chi connectivity index (χ3n) is 4.22. The van der Waals surface area contributed by atoms with Gasteiger partial charge in [-0.05, 0) is 12.8 Å². The maximum absolute atomic E-state index is 13.2. The fourth-order valence-corrected chi connectivity index (χ4v) is 1.99. The average Bonchev–Trinajstić information content (AvgIpc) is 2.80. The molecule has 38 heavy (non-hydrogen) atoms. The smallest absolute Gasteiger partial charge is 0.408 e. The predicted octanol–water partition coefficient (Wildman–Crippen LogP) is 5.56. The molecule has 6 nitrogen and oxygen atoms in total. The van der Waals surface area contributed by atoms with E-state index in [2.05, 4.69) is 9.47 Å². The molecule has 22 heteroatoms. The van der Waals surface area contributed by atoms with Gasteiger partial charge in [0.2, 0.25) is 0 Å². The molecule has 0 bridgehead atoms. The van der Waals surface area contributed by atoms with Gasteiger partial charge in [0.15, 0.2) is 13.3 Å². The van der Waals surface area contributed by atoms with Crippen molar-refractivity contribution in [1.29, 1.82) is 0 Å². The van der Waals surface area contributed by atoms with Crippen molar-refractivity contribution in [2.45, 2.75) is 61.1 Å². The van der Waals surface area contributed by atoms with Crippen LogP contribution >= 0.6 is 0 Å². The maximum atomic E-state index is 13.2. The van der Waals surface area contributed by atoms with Gasteiger partial charge in [0, 0.05) is 13.1 Å². The minimum Gasteiger partial charge on any atom is -0.408 e. The van der Waals surface area contributed by atoms with E-state index in [-0.39, 0.29) is 0 Å². The second kappa shape index (κ2) is 12.5. The van der Waals surface area contributed by atoms with Crippen molar-refractivity contribution in [1.82, 2.24) is 10.6 Å². The van der Waals surface area contributed by atoms with Crippen molar-refractivity contribution < 1.29 is 89.3 Å². The predicted molar refractivity (Wildman–Crippen MR) is 89.6 cm³/mol. The second-order valence-corrected chi connectivity index (χ2v) is 7.07. The van der Waals surface area contributed by atoms with Crippen molar-refractivity contribution >= 4 is 12.2 Å². The van der Waals surface area contributed by atoms with Crippen molar-refractivity contribution in [3.8, 4) is 0 Å². The standard InChI is InChI=1S/C16H16F16N2O4/c17-5-11(21,22)15(29,30)13(25,26)7(19)37-9(35)33-3-1-2-4-34-10(36)38-8(20)14(27,28)16(31,32)12(23,24)6-18/h7-8H,1-6H2,(H,33,35)(H,34,36)/t7-,8+. The van der Waals surface area contributed by atoms with Crippen molar-refractivity contribution in [3.05, 3.63) is 0 Å². The van der Waals surface area contributed by atoms with E-state index in [0.717, 1.165) is 0 Å². The number of hydrogen-bond acceptors (Lipinski definition) is 4. The summed E-state index contributed by atoms with van der Waals surface area (Å²) in [6, 6.07) is 0. The van der Waals surface area contributed by atoms with Crippen LogP contribution in [-0.4, -0.2) is 86.9 Å². The number of hydrogen-bond donors (Lipinski definition) is 2. The van der Waals surface area contributed by atoms with Crippen LogP contribution in [0.1, 0.15) is 12.8 Å². The van der Waals surface area contributed by atoms with Crippen molar-refractivity contribution in [2.24, 2.45) is 0 Å². The zero-order valence-corrected chi connectivity index (χ0v) is 18.1. The first-order chi connectivity index (χ1) is 17.0. The molecule has 0 aromatic heterocycles. The molecule has 0 unspecified atom stereocenters. The lowest BCUT2D eigenvalue weighted by molar-refractivity contribution is -0.348. The molecule has 0 fully saturated rings. The monoisotopic (exact) mass is 604 g/mol. The van der Waals surface area contributed by atoms with E-state index < -0.39 is 99.7 Å². The van der Waals surface area contributed by atoms with Gasteiger partial charge in [-0.25, -0.2) is 18.4 Å². The number of unbranched alkanes of at least 4 members (excludes halogenated alkanes) is 1. The number of halogens is 16. The SMILES string of the molecule is O=C(NCCCCNC(=O)O[C@H](F)C(F)(F)C(F)(F)C(F)(F)CF)O[C@@H](F)C(F)(F)C(F)(F)C(F)(F)CF. The maximum Gasteiger partial charge on any atom is 0.409 e. The Morgan fingerprint density at radius 3 is 1.08 bits per heavy atom. The van der Waals surface area contributed by atoms with Gasteiger partial charge in [0.1, 0.15) is 0 Å². The molecular weight excluding hydrogens is 588 g/mol. The first kappa shape index (κ1) is 35.4. The zero-order chi connectivity index (χ0) is 30.4. The van der Waals surface area contributed by atoms with Crippen LogP contribution in [0, 0.1) is 0 Å². The Morgan fingerprint density at radius 2 is 0.842 bits per heavy atom. The summed E-state index contributed by atoms with van der Waals surface area (Å²) in [5.74, 6) is -38.1. The molecule has 0 rings (SSSR count). The van der Waals surface area contributed by atoms with Gasteiger partial charge in [-0.15, -0.1) is 0 Å². The molecule has 0 spiro atoms. The molecule has 2 N–H and O–H groups in total. The normalized spacial score (nSPS) is 15.5. The van der Waals surface area contributed by atoms with E-state index >= 15 is 0 Å². The summed E-state index contributed by atoms with van der Waals surface area (Å²) < 4.78 is 212. The number of nitrogens with one attached hydrogen (secondary N) is 2. The zero-order valence-electron chi connectivity index (χ0n) is 18.1. The Labute approximate surface area is 201 Å². The van der Waals surface area contributed by atoms with Gasteiger partial charge >= 0.3 is 60.4 Å². The number of amides is 2. The Kier molecular flexibility index (Phi) is 11.7. The molecule has 0 aromatic carbocycles. The lowest BCUT2D eigenvalue weighted by Gasteiger charge is -2.32. The number of carbonyl (C=O) groups excluding carboxylic acids is 2. The van der Waals surface area contributed by atoms with Crippen LogP contribution in [0.15, 0.2) is 0 Å². The van der Waals surface area contributed by atoms with Crippen LogP contribution in [0.4, 0.5) is 79.8 Å². The fourth-order valence-electron chi connectivity index (χ4n) is 1.99. The molecule has 0 aromatic rings. The fraction of sp³-hybridized carbons (Fsp3) is 0.875. The third-order valence-corrected chi connectivity index (χ3v) is 4.22. The van der Waals surface area contributed by atoms with Crippen LogP contribution in [0.2, 0.25) is 0 Å². The van der Waals surface area contributed by atoms with Gasteiger partial charge < -0.3 is 20.1 Å². The number of alkyl carbamates (subject to hydrolysis) is 2. The Hall–Kier alpha value is -2.58. The molecule has 0 saturated heterocycles. The first-order valence-electron chi connectivity index (χ1n) is 9.52. The number of ether oxygens (including phenoxy) is 2. The average molecular weight is 604 g/mol. The molecule has 2 amide bonds. The van der Waals surface area contributed by atoms with Gasteiger partial charge in [0.25, 0.3) is 0 Å². The third kappa shape index (κ3) is 7.50. The highest BCUT2D eigenvalue weighted by atomic mass is 19.4. The molecule has 0 saturated carbocycles. The summed E-state index contributed by atoms with van der Waals surface area (Å²) in [6.45, 7) is -8.07. The lowest BCUT2D eigenvalue weighted by atomic mass is 10.1. The molecule has 2 atom stereocenters. The minimum atomic E-state index is -6.62. The number of rotatable bonds is 15. The molecule has 226 valence electrons.